The summed E-state index contributed by atoms with van der Waals surface area (Å²) in [7, 11) is 0. The Morgan fingerprint density at radius 3 is 2.20 bits per heavy atom. The summed E-state index contributed by atoms with van der Waals surface area (Å²) in [4.78, 5) is 0. The Morgan fingerprint density at radius 1 is 0.960 bits per heavy atom. The van der Waals surface area contributed by atoms with Crippen molar-refractivity contribution < 1.29 is 4.74 Å². The third-order valence-electron chi connectivity index (χ3n) is 4.56. The van der Waals surface area contributed by atoms with Crippen LogP contribution in [-0.2, 0) is 0 Å². The largest absolute Gasteiger partial charge is 0.486 e. The second kappa shape index (κ2) is 6.82. The van der Waals surface area contributed by atoms with Crippen molar-refractivity contribution in [1.82, 2.24) is 19.8 Å². The van der Waals surface area contributed by atoms with Gasteiger partial charge in [-0.25, -0.2) is 0 Å². The number of hydrogen-bond donors (Lipinski definition) is 0. The van der Waals surface area contributed by atoms with Crippen LogP contribution in [0.3, 0.4) is 0 Å². The highest BCUT2D eigenvalue weighted by atomic mass is 16.5. The quantitative estimate of drug-likeness (QED) is 0.682. The number of nitrogens with zero attached hydrogens (tertiary/aromatic N) is 4. The number of aryl methyl sites for hydroxylation is 4. The first-order valence-electron chi connectivity index (χ1n) is 8.92. The molecule has 0 fully saturated rings. The number of fused-ring (bicyclic) bond motifs is 1. The van der Waals surface area contributed by atoms with Crippen molar-refractivity contribution in [3.8, 4) is 17.1 Å². The lowest BCUT2D eigenvalue weighted by atomic mass is 9.99. The van der Waals surface area contributed by atoms with Crippen LogP contribution in [0.1, 0.15) is 49.1 Å². The highest BCUT2D eigenvalue weighted by molar-refractivity contribution is 5.69. The van der Waals surface area contributed by atoms with Gasteiger partial charge in [-0.3, -0.25) is 0 Å². The second-order valence-electron chi connectivity index (χ2n) is 6.74. The van der Waals surface area contributed by atoms with E-state index in [0.29, 0.717) is 5.65 Å². The third-order valence-corrected chi connectivity index (χ3v) is 4.56. The SMILES string of the molecule is CCC(CC)Oc1cc(C)nn2c(-c3c(C)cc(C)cc3C)nnc12. The Morgan fingerprint density at radius 2 is 1.60 bits per heavy atom. The van der Waals surface area contributed by atoms with Gasteiger partial charge in [0.15, 0.2) is 11.6 Å². The van der Waals surface area contributed by atoms with E-state index in [4.69, 9.17) is 4.74 Å². The van der Waals surface area contributed by atoms with Crippen molar-refractivity contribution in [3.05, 3.63) is 40.6 Å². The molecule has 0 amide bonds. The van der Waals surface area contributed by atoms with Crippen LogP contribution in [-0.4, -0.2) is 25.9 Å². The average Bonchev–Trinajstić information content (AvgIpc) is 2.95. The minimum absolute atomic E-state index is 0.175. The molecule has 0 saturated carbocycles. The number of benzene rings is 1. The molecule has 132 valence electrons. The third kappa shape index (κ3) is 3.23. The zero-order valence-electron chi connectivity index (χ0n) is 15.9. The van der Waals surface area contributed by atoms with Crippen LogP contribution in [0.5, 0.6) is 5.75 Å². The molecule has 5 heteroatoms. The summed E-state index contributed by atoms with van der Waals surface area (Å²) in [6.45, 7) is 12.6. The van der Waals surface area contributed by atoms with Gasteiger partial charge in [-0.2, -0.15) is 9.61 Å². The van der Waals surface area contributed by atoms with Crippen LogP contribution >= 0.6 is 0 Å². The number of hydrogen-bond acceptors (Lipinski definition) is 4. The van der Waals surface area contributed by atoms with Gasteiger partial charge in [0, 0.05) is 11.6 Å². The standard InChI is InChI=1S/C20H26N4O/c1-7-16(8-2)25-17-11-15(6)23-24-19(17)21-22-20(24)18-13(4)9-12(3)10-14(18)5/h9-11,16H,7-8H2,1-6H3. The molecule has 0 radical (unpaired) electrons. The van der Waals surface area contributed by atoms with Crippen LogP contribution in [0.2, 0.25) is 0 Å². The van der Waals surface area contributed by atoms with Gasteiger partial charge in [0.2, 0.25) is 5.65 Å². The van der Waals surface area contributed by atoms with Gasteiger partial charge in [-0.1, -0.05) is 31.5 Å². The Balaban J connectivity index is 2.19. The van der Waals surface area contributed by atoms with Gasteiger partial charge < -0.3 is 4.74 Å². The minimum atomic E-state index is 0.175. The second-order valence-corrected chi connectivity index (χ2v) is 6.74. The van der Waals surface area contributed by atoms with Gasteiger partial charge in [0.25, 0.3) is 0 Å². The van der Waals surface area contributed by atoms with Crippen LogP contribution < -0.4 is 4.74 Å². The summed E-state index contributed by atoms with van der Waals surface area (Å²) in [5, 5.41) is 13.5. The normalized spacial score (nSPS) is 11.5. The maximum Gasteiger partial charge on any atom is 0.220 e. The molecule has 0 atom stereocenters. The Bertz CT molecular complexity index is 886. The van der Waals surface area contributed by atoms with Crippen molar-refractivity contribution in [2.45, 2.75) is 60.5 Å². The fourth-order valence-corrected chi connectivity index (χ4v) is 3.38. The van der Waals surface area contributed by atoms with Gasteiger partial charge in [0.05, 0.1) is 11.8 Å². The van der Waals surface area contributed by atoms with Gasteiger partial charge in [-0.15, -0.1) is 10.2 Å². The summed E-state index contributed by atoms with van der Waals surface area (Å²) in [6, 6.07) is 6.28. The first kappa shape index (κ1) is 17.4. The van der Waals surface area contributed by atoms with Gasteiger partial charge >= 0.3 is 0 Å². The minimum Gasteiger partial charge on any atom is -0.486 e. The zero-order chi connectivity index (χ0) is 18.1. The summed E-state index contributed by atoms with van der Waals surface area (Å²) in [5.41, 5.74) is 6.25. The summed E-state index contributed by atoms with van der Waals surface area (Å²) >= 11 is 0. The number of rotatable bonds is 5. The Kier molecular flexibility index (Phi) is 4.75. The average molecular weight is 338 g/mol. The molecule has 2 aromatic heterocycles. The van der Waals surface area contributed by atoms with E-state index in [1.165, 1.54) is 16.7 Å². The van der Waals surface area contributed by atoms with E-state index < -0.39 is 0 Å². The molecule has 25 heavy (non-hydrogen) atoms. The molecule has 2 heterocycles. The molecule has 0 aliphatic heterocycles. The van der Waals surface area contributed by atoms with Crippen LogP contribution in [0.25, 0.3) is 17.0 Å². The lowest BCUT2D eigenvalue weighted by Crippen LogP contribution is -2.15. The predicted molar refractivity (Wildman–Crippen MR) is 100 cm³/mol. The van der Waals surface area contributed by atoms with Crippen LogP contribution in [0.15, 0.2) is 18.2 Å². The Hall–Kier alpha value is -2.43. The van der Waals surface area contributed by atoms with E-state index in [9.17, 15) is 0 Å². The van der Waals surface area contributed by atoms with Crippen LogP contribution in [0.4, 0.5) is 0 Å². The first-order chi connectivity index (χ1) is 11.9. The van der Waals surface area contributed by atoms with E-state index in [-0.39, 0.29) is 6.10 Å². The van der Waals surface area contributed by atoms with Crippen molar-refractivity contribution in [1.29, 1.82) is 0 Å². The molecule has 3 rings (SSSR count). The van der Waals surface area contributed by atoms with Crippen molar-refractivity contribution in [3.63, 3.8) is 0 Å². The molecule has 0 unspecified atom stereocenters. The Labute approximate surface area is 149 Å². The maximum atomic E-state index is 6.17. The number of aromatic nitrogens is 4. The fraction of sp³-hybridized carbons (Fsp3) is 0.450. The van der Waals surface area contributed by atoms with E-state index in [1.807, 2.05) is 17.5 Å². The van der Waals surface area contributed by atoms with Crippen molar-refractivity contribution in [2.75, 3.05) is 0 Å². The lowest BCUT2D eigenvalue weighted by Gasteiger charge is -2.16. The van der Waals surface area contributed by atoms with Crippen molar-refractivity contribution in [2.24, 2.45) is 0 Å². The first-order valence-corrected chi connectivity index (χ1v) is 8.92. The van der Waals surface area contributed by atoms with E-state index in [0.717, 1.165) is 35.7 Å². The summed E-state index contributed by atoms with van der Waals surface area (Å²) in [6.07, 6.45) is 2.09. The molecule has 5 nitrogen and oxygen atoms in total. The molecule has 0 aliphatic rings. The molecule has 0 aliphatic carbocycles. The smallest absolute Gasteiger partial charge is 0.220 e. The number of ether oxygens (including phenoxy) is 1. The maximum absolute atomic E-state index is 6.17. The molecular formula is C20H26N4O. The molecule has 0 spiro atoms. The molecule has 0 N–H and O–H groups in total. The van der Waals surface area contributed by atoms with Crippen LogP contribution in [0, 0.1) is 27.7 Å². The van der Waals surface area contributed by atoms with Gasteiger partial charge in [0.1, 0.15) is 0 Å². The summed E-state index contributed by atoms with van der Waals surface area (Å²) in [5.74, 6) is 1.52. The van der Waals surface area contributed by atoms with E-state index in [1.54, 1.807) is 0 Å². The zero-order valence-corrected chi connectivity index (χ0v) is 15.9. The van der Waals surface area contributed by atoms with E-state index >= 15 is 0 Å². The highest BCUT2D eigenvalue weighted by Crippen LogP contribution is 2.30. The van der Waals surface area contributed by atoms with E-state index in [2.05, 4.69) is 62.0 Å². The molecule has 0 saturated heterocycles. The lowest BCUT2D eigenvalue weighted by molar-refractivity contribution is 0.194. The van der Waals surface area contributed by atoms with Crippen molar-refractivity contribution >= 4 is 5.65 Å². The molecular weight excluding hydrogens is 312 g/mol. The highest BCUT2D eigenvalue weighted by Gasteiger charge is 2.19. The fourth-order valence-electron chi connectivity index (χ4n) is 3.38. The molecule has 0 bridgehead atoms. The molecule has 1 aromatic carbocycles. The topological polar surface area (TPSA) is 52.3 Å². The molecule has 3 aromatic rings. The monoisotopic (exact) mass is 338 g/mol. The predicted octanol–water partition coefficient (Wildman–Crippen LogP) is 4.59. The van der Waals surface area contributed by atoms with Gasteiger partial charge in [-0.05, 0) is 51.7 Å². The summed E-state index contributed by atoms with van der Waals surface area (Å²) < 4.78 is 7.99.